The van der Waals surface area contributed by atoms with Gasteiger partial charge in [0.05, 0.1) is 11.1 Å². The largest absolute Gasteiger partial charge is 0.383 e. The van der Waals surface area contributed by atoms with Crippen LogP contribution in [0.4, 0.5) is 5.82 Å². The quantitative estimate of drug-likeness (QED) is 0.698. The van der Waals surface area contributed by atoms with Crippen molar-refractivity contribution < 1.29 is 9.32 Å². The Morgan fingerprint density at radius 3 is 2.75 bits per heavy atom. The van der Waals surface area contributed by atoms with E-state index >= 15 is 0 Å². The van der Waals surface area contributed by atoms with Crippen molar-refractivity contribution in [2.45, 2.75) is 33.2 Å². The summed E-state index contributed by atoms with van der Waals surface area (Å²) in [5.74, 6) is 1.66. The highest BCUT2D eigenvalue weighted by Gasteiger charge is 2.25. The zero-order valence-electron chi connectivity index (χ0n) is 16.2. The highest BCUT2D eigenvalue weighted by atomic mass is 16.5. The molecule has 3 aromatic heterocycles. The van der Waals surface area contributed by atoms with E-state index in [1.807, 2.05) is 18.7 Å². The van der Waals surface area contributed by atoms with Crippen LogP contribution in [-0.2, 0) is 11.3 Å². The molecule has 0 bridgehead atoms. The second-order valence-corrected chi connectivity index (χ2v) is 7.32. The summed E-state index contributed by atoms with van der Waals surface area (Å²) < 4.78 is 7.50. The molecule has 2 N–H and O–H groups in total. The van der Waals surface area contributed by atoms with Crippen molar-refractivity contribution in [2.24, 2.45) is 5.92 Å². The van der Waals surface area contributed by atoms with Crippen molar-refractivity contribution in [2.75, 3.05) is 18.8 Å². The summed E-state index contributed by atoms with van der Waals surface area (Å²) in [5, 5.41) is 4.91. The van der Waals surface area contributed by atoms with E-state index in [0.717, 1.165) is 66.1 Å². The number of nitrogens with two attached hydrogens (primary N) is 1. The smallest absolute Gasteiger partial charge is 0.245 e. The number of hydrogen-bond acceptors (Lipinski definition) is 6. The zero-order valence-corrected chi connectivity index (χ0v) is 16.2. The summed E-state index contributed by atoms with van der Waals surface area (Å²) in [4.78, 5) is 22.3. The monoisotopic (exact) mass is 380 g/mol. The molecule has 1 amide bonds. The maximum absolute atomic E-state index is 11.8. The van der Waals surface area contributed by atoms with Crippen molar-refractivity contribution in [3.63, 3.8) is 0 Å². The Morgan fingerprint density at radius 1 is 1.36 bits per heavy atom. The third-order valence-electron chi connectivity index (χ3n) is 5.54. The molecule has 4 heterocycles. The van der Waals surface area contributed by atoms with Crippen LogP contribution in [0.25, 0.3) is 22.2 Å². The second kappa shape index (κ2) is 7.10. The Labute approximate surface area is 163 Å². The average molecular weight is 380 g/mol. The summed E-state index contributed by atoms with van der Waals surface area (Å²) in [6.07, 6.45) is 6.84. The van der Waals surface area contributed by atoms with E-state index in [-0.39, 0.29) is 5.91 Å². The first kappa shape index (κ1) is 18.2. The van der Waals surface area contributed by atoms with Gasteiger partial charge in [0.1, 0.15) is 23.6 Å². The van der Waals surface area contributed by atoms with Gasteiger partial charge >= 0.3 is 0 Å². The standard InChI is InChI=1S/C20H24N6O2/c1-4-16(27)25-7-5-14(6-8-25)9-26-10-15(17-12(2)24-28-13(17)3)18-19(21)22-11-23-20(18)26/h4,10-11,14H,1,5-9H2,2-3H3,(H2,21,22,23). The topological polar surface area (TPSA) is 103 Å². The number of carbonyl (C=O) groups excluding carboxylic acids is 1. The van der Waals surface area contributed by atoms with Gasteiger partial charge in [-0.25, -0.2) is 9.97 Å². The maximum Gasteiger partial charge on any atom is 0.245 e. The predicted molar refractivity (Wildman–Crippen MR) is 106 cm³/mol. The third-order valence-corrected chi connectivity index (χ3v) is 5.54. The fourth-order valence-electron chi connectivity index (χ4n) is 4.09. The SMILES string of the molecule is C=CC(=O)N1CCC(Cn2cc(-c3c(C)noc3C)c3c(N)ncnc32)CC1. The molecule has 8 nitrogen and oxygen atoms in total. The number of aryl methyl sites for hydroxylation is 2. The van der Waals surface area contributed by atoms with E-state index in [2.05, 4.69) is 32.5 Å². The Hall–Kier alpha value is -3.16. The summed E-state index contributed by atoms with van der Waals surface area (Å²) in [5.41, 5.74) is 9.72. The minimum Gasteiger partial charge on any atom is -0.383 e. The Balaban J connectivity index is 1.67. The number of hydrogen-bond donors (Lipinski definition) is 1. The first-order chi connectivity index (χ1) is 13.5. The molecule has 0 saturated carbocycles. The van der Waals surface area contributed by atoms with E-state index in [1.165, 1.54) is 12.4 Å². The van der Waals surface area contributed by atoms with Gasteiger partial charge in [0.25, 0.3) is 0 Å². The third kappa shape index (κ3) is 3.04. The number of amides is 1. The first-order valence-electron chi connectivity index (χ1n) is 9.43. The van der Waals surface area contributed by atoms with Crippen LogP contribution in [0, 0.1) is 19.8 Å². The summed E-state index contributed by atoms with van der Waals surface area (Å²) in [6.45, 7) is 9.70. The average Bonchev–Trinajstić information content (AvgIpc) is 3.22. The number of anilines is 1. The number of nitrogen functional groups attached to an aromatic ring is 1. The highest BCUT2D eigenvalue weighted by Crippen LogP contribution is 2.36. The van der Waals surface area contributed by atoms with Gasteiger partial charge in [0.15, 0.2) is 0 Å². The molecule has 1 saturated heterocycles. The van der Waals surface area contributed by atoms with E-state index in [4.69, 9.17) is 10.3 Å². The van der Waals surface area contributed by atoms with Crippen LogP contribution < -0.4 is 5.73 Å². The fourth-order valence-corrected chi connectivity index (χ4v) is 4.09. The Bertz CT molecular complexity index is 1020. The molecule has 0 aliphatic carbocycles. The van der Waals surface area contributed by atoms with E-state index in [1.54, 1.807) is 0 Å². The van der Waals surface area contributed by atoms with Gasteiger partial charge in [0.2, 0.25) is 5.91 Å². The lowest BCUT2D eigenvalue weighted by atomic mass is 9.96. The lowest BCUT2D eigenvalue weighted by Gasteiger charge is -2.31. The van der Waals surface area contributed by atoms with Crippen LogP contribution in [0.2, 0.25) is 0 Å². The van der Waals surface area contributed by atoms with Crippen molar-refractivity contribution in [3.05, 3.63) is 36.6 Å². The summed E-state index contributed by atoms with van der Waals surface area (Å²) in [7, 11) is 0. The normalized spacial score (nSPS) is 15.3. The van der Waals surface area contributed by atoms with Crippen LogP contribution in [0.1, 0.15) is 24.3 Å². The van der Waals surface area contributed by atoms with Gasteiger partial charge in [-0.15, -0.1) is 0 Å². The molecule has 8 heteroatoms. The van der Waals surface area contributed by atoms with Gasteiger partial charge in [-0.2, -0.15) is 0 Å². The minimum atomic E-state index is 0.00562. The van der Waals surface area contributed by atoms with Gasteiger partial charge < -0.3 is 19.7 Å². The van der Waals surface area contributed by atoms with Crippen LogP contribution in [-0.4, -0.2) is 43.6 Å². The molecule has 0 aromatic carbocycles. The van der Waals surface area contributed by atoms with E-state index < -0.39 is 0 Å². The summed E-state index contributed by atoms with van der Waals surface area (Å²) in [6, 6.07) is 0. The van der Waals surface area contributed by atoms with Crippen molar-refractivity contribution in [1.29, 1.82) is 0 Å². The molecule has 0 atom stereocenters. The van der Waals surface area contributed by atoms with E-state index in [9.17, 15) is 4.79 Å². The van der Waals surface area contributed by atoms with Gasteiger partial charge in [0, 0.05) is 37.0 Å². The number of likely N-dealkylation sites (tertiary alicyclic amines) is 1. The van der Waals surface area contributed by atoms with Crippen molar-refractivity contribution in [3.8, 4) is 11.1 Å². The molecular weight excluding hydrogens is 356 g/mol. The van der Waals surface area contributed by atoms with E-state index in [0.29, 0.717) is 11.7 Å². The number of carbonyl (C=O) groups is 1. The van der Waals surface area contributed by atoms with Gasteiger partial charge in [-0.05, 0) is 38.7 Å². The maximum atomic E-state index is 11.8. The van der Waals surface area contributed by atoms with Gasteiger partial charge in [-0.3, -0.25) is 4.79 Å². The number of rotatable bonds is 4. The number of aromatic nitrogens is 4. The highest BCUT2D eigenvalue weighted by molar-refractivity contribution is 6.01. The molecule has 0 spiro atoms. The molecule has 1 aliphatic rings. The van der Waals surface area contributed by atoms with Crippen LogP contribution in [0.3, 0.4) is 0 Å². The molecule has 4 rings (SSSR count). The number of piperidine rings is 1. The van der Waals surface area contributed by atoms with Crippen LogP contribution in [0.5, 0.6) is 0 Å². The molecule has 1 aliphatic heterocycles. The first-order valence-corrected chi connectivity index (χ1v) is 9.43. The molecule has 1 fully saturated rings. The molecule has 0 radical (unpaired) electrons. The minimum absolute atomic E-state index is 0.00562. The molecule has 3 aromatic rings. The van der Waals surface area contributed by atoms with Crippen molar-refractivity contribution in [1.82, 2.24) is 24.6 Å². The Morgan fingerprint density at radius 2 is 2.11 bits per heavy atom. The molecule has 146 valence electrons. The van der Waals surface area contributed by atoms with Crippen molar-refractivity contribution >= 4 is 22.8 Å². The molecular formula is C20H24N6O2. The fraction of sp³-hybridized carbons (Fsp3) is 0.400. The number of fused-ring (bicyclic) bond motifs is 1. The number of nitrogens with zero attached hydrogens (tertiary/aromatic N) is 5. The summed E-state index contributed by atoms with van der Waals surface area (Å²) >= 11 is 0. The van der Waals surface area contributed by atoms with Crippen LogP contribution in [0.15, 0.2) is 29.7 Å². The zero-order chi connectivity index (χ0) is 19.8. The Kier molecular flexibility index (Phi) is 4.62. The molecule has 0 unspecified atom stereocenters. The van der Waals surface area contributed by atoms with Gasteiger partial charge in [-0.1, -0.05) is 11.7 Å². The lowest BCUT2D eigenvalue weighted by molar-refractivity contribution is -0.127. The lowest BCUT2D eigenvalue weighted by Crippen LogP contribution is -2.38. The second-order valence-electron chi connectivity index (χ2n) is 7.32. The molecule has 28 heavy (non-hydrogen) atoms. The predicted octanol–water partition coefficient (Wildman–Crippen LogP) is 2.71. The van der Waals surface area contributed by atoms with Crippen LogP contribution >= 0.6 is 0 Å².